The van der Waals surface area contributed by atoms with Gasteiger partial charge in [-0.15, -0.1) is 0 Å². The molecule has 2 aromatic carbocycles. The van der Waals surface area contributed by atoms with Gasteiger partial charge in [0.25, 0.3) is 5.91 Å². The van der Waals surface area contributed by atoms with Crippen molar-refractivity contribution in [3.63, 3.8) is 0 Å². The van der Waals surface area contributed by atoms with Gasteiger partial charge in [-0.2, -0.15) is 0 Å². The summed E-state index contributed by atoms with van der Waals surface area (Å²) in [4.78, 5) is 27.3. The quantitative estimate of drug-likeness (QED) is 0.727. The number of anilines is 2. The number of carbonyl (C=O) groups is 2. The van der Waals surface area contributed by atoms with Gasteiger partial charge in [0, 0.05) is 36.9 Å². The lowest BCUT2D eigenvalue weighted by Crippen LogP contribution is -2.35. The third kappa shape index (κ3) is 5.17. The number of fused-ring (bicyclic) bond motifs is 1. The molecule has 0 unspecified atom stereocenters. The first-order chi connectivity index (χ1) is 14.0. The number of nitrogens with one attached hydrogen (secondary N) is 2. The lowest BCUT2D eigenvalue weighted by molar-refractivity contribution is -0.116. The smallest absolute Gasteiger partial charge is 0.253 e. The summed E-state index contributed by atoms with van der Waals surface area (Å²) in [7, 11) is 0. The molecule has 0 radical (unpaired) electrons. The second kappa shape index (κ2) is 9.59. The van der Waals surface area contributed by atoms with Gasteiger partial charge in [-0.25, -0.2) is 0 Å². The van der Waals surface area contributed by atoms with Crippen LogP contribution in [0.1, 0.15) is 61.5 Å². The minimum Gasteiger partial charge on any atom is -0.366 e. The molecule has 0 spiro atoms. The summed E-state index contributed by atoms with van der Waals surface area (Å²) in [5, 5.41) is 5.99. The maximum absolute atomic E-state index is 13.0. The number of rotatable bonds is 7. The van der Waals surface area contributed by atoms with Crippen molar-refractivity contribution >= 4 is 23.2 Å². The molecule has 1 aliphatic heterocycles. The Bertz CT molecular complexity index is 878. The molecule has 1 atom stereocenters. The minimum atomic E-state index is -0.0974. The van der Waals surface area contributed by atoms with E-state index >= 15 is 0 Å². The lowest BCUT2D eigenvalue weighted by atomic mass is 9.98. The highest BCUT2D eigenvalue weighted by molar-refractivity contribution is 6.02. The Morgan fingerprint density at radius 1 is 1.10 bits per heavy atom. The number of nitrogens with zero attached hydrogens (tertiary/aromatic N) is 1. The summed E-state index contributed by atoms with van der Waals surface area (Å²) in [6, 6.07) is 14.2. The number of benzene rings is 2. The Hall–Kier alpha value is -2.82. The van der Waals surface area contributed by atoms with E-state index in [9.17, 15) is 9.59 Å². The summed E-state index contributed by atoms with van der Waals surface area (Å²) in [6.45, 7) is 7.67. The van der Waals surface area contributed by atoms with Crippen LogP contribution < -0.4 is 15.5 Å². The van der Waals surface area contributed by atoms with Crippen LogP contribution >= 0.6 is 0 Å². The topological polar surface area (TPSA) is 61.4 Å². The van der Waals surface area contributed by atoms with Gasteiger partial charge in [-0.1, -0.05) is 38.1 Å². The SMILES string of the molecule is CCCC(=O)Nc1ccc(N2CCc3ccccc3C2)c(C(=O)N[C@H](C)CC)c1. The molecule has 2 amide bonds. The van der Waals surface area contributed by atoms with Gasteiger partial charge in [0.1, 0.15) is 0 Å². The molecule has 0 saturated carbocycles. The molecule has 154 valence electrons. The molecular formula is C24H31N3O2. The standard InChI is InChI=1S/C24H31N3O2/c1-4-8-23(28)26-20-11-12-22(21(15-20)24(29)25-17(3)5-2)27-14-13-18-9-6-7-10-19(18)16-27/h6-7,9-12,15,17H,4-5,8,13-14,16H2,1-3H3,(H,25,29)(H,26,28)/t17-/m1/s1. The highest BCUT2D eigenvalue weighted by Gasteiger charge is 2.22. The van der Waals surface area contributed by atoms with Crippen molar-refractivity contribution in [1.82, 2.24) is 5.32 Å². The van der Waals surface area contributed by atoms with Crippen LogP contribution in [-0.4, -0.2) is 24.4 Å². The van der Waals surface area contributed by atoms with Gasteiger partial charge in [-0.05, 0) is 55.5 Å². The van der Waals surface area contributed by atoms with Crippen LogP contribution in [0.3, 0.4) is 0 Å². The fourth-order valence-electron chi connectivity index (χ4n) is 3.63. The third-order valence-corrected chi connectivity index (χ3v) is 5.46. The average Bonchev–Trinajstić information content (AvgIpc) is 2.73. The van der Waals surface area contributed by atoms with E-state index in [2.05, 4.69) is 46.7 Å². The summed E-state index contributed by atoms with van der Waals surface area (Å²) in [5.41, 5.74) is 4.86. The molecular weight excluding hydrogens is 362 g/mol. The van der Waals surface area contributed by atoms with Crippen LogP contribution in [0.4, 0.5) is 11.4 Å². The fraction of sp³-hybridized carbons (Fsp3) is 0.417. The summed E-state index contributed by atoms with van der Waals surface area (Å²) in [6.07, 6.45) is 3.08. The van der Waals surface area contributed by atoms with Crippen LogP contribution in [0.5, 0.6) is 0 Å². The molecule has 0 bridgehead atoms. The van der Waals surface area contributed by atoms with Crippen molar-refractivity contribution in [3.05, 3.63) is 59.2 Å². The van der Waals surface area contributed by atoms with Gasteiger partial charge >= 0.3 is 0 Å². The first-order valence-electron chi connectivity index (χ1n) is 10.6. The van der Waals surface area contributed by atoms with Crippen LogP contribution in [0.15, 0.2) is 42.5 Å². The third-order valence-electron chi connectivity index (χ3n) is 5.46. The molecule has 0 aromatic heterocycles. The van der Waals surface area contributed by atoms with Crippen molar-refractivity contribution in [2.75, 3.05) is 16.8 Å². The second-order valence-corrected chi connectivity index (χ2v) is 7.75. The minimum absolute atomic E-state index is 0.0274. The largest absolute Gasteiger partial charge is 0.366 e. The monoisotopic (exact) mass is 393 g/mol. The average molecular weight is 394 g/mol. The van der Waals surface area contributed by atoms with Gasteiger partial charge in [0.15, 0.2) is 0 Å². The highest BCUT2D eigenvalue weighted by Crippen LogP contribution is 2.29. The maximum Gasteiger partial charge on any atom is 0.253 e. The van der Waals surface area contributed by atoms with Crippen LogP contribution in [0, 0.1) is 0 Å². The molecule has 1 aliphatic rings. The molecule has 2 N–H and O–H groups in total. The summed E-state index contributed by atoms with van der Waals surface area (Å²) < 4.78 is 0. The van der Waals surface area contributed by atoms with Crippen LogP contribution in [-0.2, 0) is 17.8 Å². The van der Waals surface area contributed by atoms with Crippen LogP contribution in [0.25, 0.3) is 0 Å². The van der Waals surface area contributed by atoms with Gasteiger partial charge in [0.2, 0.25) is 5.91 Å². The molecule has 5 heteroatoms. The van der Waals surface area contributed by atoms with E-state index in [0.717, 1.165) is 38.0 Å². The fourth-order valence-corrected chi connectivity index (χ4v) is 3.63. The predicted octanol–water partition coefficient (Wildman–Crippen LogP) is 4.52. The molecule has 5 nitrogen and oxygen atoms in total. The summed E-state index contributed by atoms with van der Waals surface area (Å²) >= 11 is 0. The Balaban J connectivity index is 1.90. The van der Waals surface area contributed by atoms with E-state index < -0.39 is 0 Å². The molecule has 1 heterocycles. The normalized spacial score (nSPS) is 14.1. The Kier molecular flexibility index (Phi) is 6.91. The highest BCUT2D eigenvalue weighted by atomic mass is 16.2. The van der Waals surface area contributed by atoms with Crippen molar-refractivity contribution in [1.29, 1.82) is 0 Å². The second-order valence-electron chi connectivity index (χ2n) is 7.75. The number of carbonyl (C=O) groups excluding carboxylic acids is 2. The zero-order chi connectivity index (χ0) is 20.8. The van der Waals surface area contributed by atoms with Crippen molar-refractivity contribution < 1.29 is 9.59 Å². The Morgan fingerprint density at radius 2 is 1.86 bits per heavy atom. The van der Waals surface area contributed by atoms with Crippen LogP contribution in [0.2, 0.25) is 0 Å². The van der Waals surface area contributed by atoms with Gasteiger partial charge in [-0.3, -0.25) is 9.59 Å². The van der Waals surface area contributed by atoms with E-state index in [1.165, 1.54) is 11.1 Å². The Labute approximate surface area is 173 Å². The first-order valence-corrected chi connectivity index (χ1v) is 10.6. The molecule has 2 aromatic rings. The zero-order valence-corrected chi connectivity index (χ0v) is 17.6. The van der Waals surface area contributed by atoms with Gasteiger partial charge in [0.05, 0.1) is 5.56 Å². The Morgan fingerprint density at radius 3 is 2.59 bits per heavy atom. The van der Waals surface area contributed by atoms with E-state index in [1.54, 1.807) is 6.07 Å². The van der Waals surface area contributed by atoms with E-state index in [1.807, 2.05) is 26.0 Å². The zero-order valence-electron chi connectivity index (χ0n) is 17.6. The van der Waals surface area contributed by atoms with Crippen molar-refractivity contribution in [2.45, 2.75) is 59.0 Å². The molecule has 0 aliphatic carbocycles. The maximum atomic E-state index is 13.0. The van der Waals surface area contributed by atoms with E-state index in [-0.39, 0.29) is 17.9 Å². The van der Waals surface area contributed by atoms with E-state index in [0.29, 0.717) is 17.7 Å². The first kappa shape index (κ1) is 20.9. The predicted molar refractivity (Wildman–Crippen MR) is 118 cm³/mol. The molecule has 0 saturated heterocycles. The summed E-state index contributed by atoms with van der Waals surface area (Å²) in [5.74, 6) is -0.125. The number of hydrogen-bond donors (Lipinski definition) is 2. The lowest BCUT2D eigenvalue weighted by Gasteiger charge is -2.32. The molecule has 3 rings (SSSR count). The molecule has 29 heavy (non-hydrogen) atoms. The number of amides is 2. The van der Waals surface area contributed by atoms with E-state index in [4.69, 9.17) is 0 Å². The number of hydrogen-bond acceptors (Lipinski definition) is 3. The van der Waals surface area contributed by atoms with Gasteiger partial charge < -0.3 is 15.5 Å². The molecule has 0 fully saturated rings. The van der Waals surface area contributed by atoms with Crippen molar-refractivity contribution in [3.8, 4) is 0 Å². The van der Waals surface area contributed by atoms with Crippen molar-refractivity contribution in [2.24, 2.45) is 0 Å².